The summed E-state index contributed by atoms with van der Waals surface area (Å²) < 4.78 is 0. The van der Waals surface area contributed by atoms with Gasteiger partial charge in [-0.2, -0.15) is 0 Å². The van der Waals surface area contributed by atoms with E-state index in [1.165, 1.54) is 0 Å². The number of rotatable bonds is 5. The molecule has 152 valence electrons. The van der Waals surface area contributed by atoms with E-state index in [1.807, 2.05) is 67.3 Å². The van der Waals surface area contributed by atoms with Crippen molar-refractivity contribution < 1.29 is 9.59 Å². The standard InChI is InChI=1S/C23H26ClN3O2/c1-17(2)23(29)25-19-9-10-21(20(24)16-19)26-12-14-27(15-13-26)22(28)11-8-18-6-4-3-5-7-18/h3-11,16-17H,12-15H2,1-2H3,(H,25,29)/b11-8+. The fourth-order valence-electron chi connectivity index (χ4n) is 3.13. The number of piperazine rings is 1. The Kier molecular flexibility index (Phi) is 6.94. The number of carbonyl (C=O) groups is 2. The molecule has 1 aliphatic heterocycles. The van der Waals surface area contributed by atoms with Gasteiger partial charge in [-0.25, -0.2) is 0 Å². The van der Waals surface area contributed by atoms with Crippen molar-refractivity contribution in [2.45, 2.75) is 13.8 Å². The zero-order valence-electron chi connectivity index (χ0n) is 16.8. The van der Waals surface area contributed by atoms with E-state index < -0.39 is 0 Å². The largest absolute Gasteiger partial charge is 0.367 e. The number of benzene rings is 2. The molecule has 0 aromatic heterocycles. The average Bonchev–Trinajstić information content (AvgIpc) is 2.73. The van der Waals surface area contributed by atoms with Gasteiger partial charge < -0.3 is 15.1 Å². The number of hydrogen-bond acceptors (Lipinski definition) is 3. The number of amides is 2. The first-order chi connectivity index (χ1) is 13.9. The second-order valence-corrected chi connectivity index (χ2v) is 7.77. The summed E-state index contributed by atoms with van der Waals surface area (Å²) in [6.45, 7) is 6.40. The SMILES string of the molecule is CC(C)C(=O)Nc1ccc(N2CCN(C(=O)/C=C/c3ccccc3)CC2)c(Cl)c1. The van der Waals surface area contributed by atoms with E-state index >= 15 is 0 Å². The van der Waals surface area contributed by atoms with Crippen LogP contribution in [0.25, 0.3) is 6.08 Å². The highest BCUT2D eigenvalue weighted by Crippen LogP contribution is 2.30. The first kappa shape index (κ1) is 20.9. The first-order valence-corrected chi connectivity index (χ1v) is 10.2. The Labute approximate surface area is 177 Å². The molecule has 0 radical (unpaired) electrons. The average molecular weight is 412 g/mol. The van der Waals surface area contributed by atoms with E-state index in [0.717, 1.165) is 11.3 Å². The third-order valence-corrected chi connectivity index (χ3v) is 5.19. The summed E-state index contributed by atoms with van der Waals surface area (Å²) in [6, 6.07) is 15.4. The van der Waals surface area contributed by atoms with E-state index in [1.54, 1.807) is 12.1 Å². The molecule has 2 aromatic carbocycles. The Balaban J connectivity index is 1.57. The second kappa shape index (κ2) is 9.61. The van der Waals surface area contributed by atoms with E-state index in [0.29, 0.717) is 36.9 Å². The molecule has 2 aromatic rings. The third kappa shape index (κ3) is 5.61. The number of hydrogen-bond donors (Lipinski definition) is 1. The lowest BCUT2D eigenvalue weighted by Crippen LogP contribution is -2.48. The minimum absolute atomic E-state index is 0.0198. The molecule has 29 heavy (non-hydrogen) atoms. The van der Waals surface area contributed by atoms with Gasteiger partial charge in [0, 0.05) is 43.9 Å². The molecule has 0 saturated carbocycles. The molecule has 1 saturated heterocycles. The molecule has 2 amide bonds. The van der Waals surface area contributed by atoms with Crippen LogP contribution >= 0.6 is 11.6 Å². The van der Waals surface area contributed by atoms with E-state index in [2.05, 4.69) is 10.2 Å². The molecule has 0 bridgehead atoms. The van der Waals surface area contributed by atoms with Crippen LogP contribution in [0.1, 0.15) is 19.4 Å². The van der Waals surface area contributed by atoms with E-state index in [-0.39, 0.29) is 17.7 Å². The maximum Gasteiger partial charge on any atom is 0.246 e. The molecule has 1 N–H and O–H groups in total. The minimum Gasteiger partial charge on any atom is -0.367 e. The molecule has 3 rings (SSSR count). The van der Waals surface area contributed by atoms with Crippen molar-refractivity contribution in [2.75, 3.05) is 36.4 Å². The summed E-state index contributed by atoms with van der Waals surface area (Å²) >= 11 is 6.46. The maximum atomic E-state index is 12.4. The van der Waals surface area contributed by atoms with E-state index in [4.69, 9.17) is 11.6 Å². The molecule has 1 aliphatic rings. The second-order valence-electron chi connectivity index (χ2n) is 7.37. The maximum absolute atomic E-state index is 12.4. The van der Waals surface area contributed by atoms with Gasteiger partial charge in [-0.1, -0.05) is 55.8 Å². The summed E-state index contributed by atoms with van der Waals surface area (Å²) in [5.74, 6) is -0.106. The van der Waals surface area contributed by atoms with Gasteiger partial charge in [-0.15, -0.1) is 0 Å². The number of anilines is 2. The molecule has 0 aliphatic carbocycles. The predicted octanol–water partition coefficient (Wildman–Crippen LogP) is 4.30. The Morgan fingerprint density at radius 3 is 2.34 bits per heavy atom. The molecule has 1 heterocycles. The lowest BCUT2D eigenvalue weighted by atomic mass is 10.2. The minimum atomic E-state index is -0.0880. The van der Waals surface area contributed by atoms with Crippen LogP contribution in [-0.2, 0) is 9.59 Å². The quantitative estimate of drug-likeness (QED) is 0.746. The Morgan fingerprint density at radius 2 is 1.72 bits per heavy atom. The normalized spacial score (nSPS) is 14.5. The zero-order chi connectivity index (χ0) is 20.8. The van der Waals surface area contributed by atoms with Gasteiger partial charge in [0.1, 0.15) is 0 Å². The molecule has 0 atom stereocenters. The Hall–Kier alpha value is -2.79. The number of carbonyl (C=O) groups excluding carboxylic acids is 2. The molecular weight excluding hydrogens is 386 g/mol. The first-order valence-electron chi connectivity index (χ1n) is 9.81. The fraction of sp³-hybridized carbons (Fsp3) is 0.304. The highest BCUT2D eigenvalue weighted by atomic mass is 35.5. The van der Waals surface area contributed by atoms with Crippen LogP contribution in [0.15, 0.2) is 54.6 Å². The monoisotopic (exact) mass is 411 g/mol. The Morgan fingerprint density at radius 1 is 1.03 bits per heavy atom. The van der Waals surface area contributed by atoms with Crippen LogP contribution in [0.4, 0.5) is 11.4 Å². The van der Waals surface area contributed by atoms with Gasteiger partial charge >= 0.3 is 0 Å². The van der Waals surface area contributed by atoms with Crippen LogP contribution < -0.4 is 10.2 Å². The number of nitrogens with zero attached hydrogens (tertiary/aromatic N) is 2. The third-order valence-electron chi connectivity index (χ3n) is 4.89. The van der Waals surface area contributed by atoms with Crippen molar-refractivity contribution in [3.8, 4) is 0 Å². The van der Waals surface area contributed by atoms with Crippen molar-refractivity contribution in [1.82, 2.24) is 4.90 Å². The lowest BCUT2D eigenvalue weighted by Gasteiger charge is -2.36. The van der Waals surface area contributed by atoms with Crippen molar-refractivity contribution in [1.29, 1.82) is 0 Å². The predicted molar refractivity (Wildman–Crippen MR) is 119 cm³/mol. The summed E-state index contributed by atoms with van der Waals surface area (Å²) in [6.07, 6.45) is 3.47. The van der Waals surface area contributed by atoms with Crippen LogP contribution in [0.5, 0.6) is 0 Å². The van der Waals surface area contributed by atoms with Gasteiger partial charge in [-0.05, 0) is 29.8 Å². The lowest BCUT2D eigenvalue weighted by molar-refractivity contribution is -0.126. The summed E-state index contributed by atoms with van der Waals surface area (Å²) in [7, 11) is 0. The van der Waals surface area contributed by atoms with Crippen LogP contribution in [0.3, 0.4) is 0 Å². The summed E-state index contributed by atoms with van der Waals surface area (Å²) in [4.78, 5) is 28.3. The Bertz CT molecular complexity index is 888. The molecule has 1 fully saturated rings. The van der Waals surface area contributed by atoms with Crippen LogP contribution in [0, 0.1) is 5.92 Å². The number of halogens is 1. The molecule has 0 spiro atoms. The summed E-state index contributed by atoms with van der Waals surface area (Å²) in [5, 5.41) is 3.45. The molecular formula is C23H26ClN3O2. The van der Waals surface area contributed by atoms with Crippen molar-refractivity contribution >= 4 is 40.9 Å². The van der Waals surface area contributed by atoms with Gasteiger partial charge in [0.2, 0.25) is 11.8 Å². The number of nitrogens with one attached hydrogen (secondary N) is 1. The topological polar surface area (TPSA) is 52.7 Å². The molecule has 5 nitrogen and oxygen atoms in total. The molecule has 0 unspecified atom stereocenters. The van der Waals surface area contributed by atoms with E-state index in [9.17, 15) is 9.59 Å². The van der Waals surface area contributed by atoms with Crippen molar-refractivity contribution in [3.63, 3.8) is 0 Å². The highest BCUT2D eigenvalue weighted by molar-refractivity contribution is 6.33. The zero-order valence-corrected chi connectivity index (χ0v) is 17.5. The molecule has 6 heteroatoms. The highest BCUT2D eigenvalue weighted by Gasteiger charge is 2.21. The van der Waals surface area contributed by atoms with Gasteiger partial charge in [-0.3, -0.25) is 9.59 Å². The van der Waals surface area contributed by atoms with Gasteiger partial charge in [0.15, 0.2) is 0 Å². The van der Waals surface area contributed by atoms with Crippen molar-refractivity contribution in [3.05, 3.63) is 65.2 Å². The van der Waals surface area contributed by atoms with Gasteiger partial charge in [0.05, 0.1) is 10.7 Å². The smallest absolute Gasteiger partial charge is 0.246 e. The van der Waals surface area contributed by atoms with Crippen molar-refractivity contribution in [2.24, 2.45) is 5.92 Å². The fourth-order valence-corrected chi connectivity index (χ4v) is 3.43. The van der Waals surface area contributed by atoms with Crippen LogP contribution in [-0.4, -0.2) is 42.9 Å². The summed E-state index contributed by atoms with van der Waals surface area (Å²) in [5.41, 5.74) is 2.62. The van der Waals surface area contributed by atoms with Gasteiger partial charge in [0.25, 0.3) is 0 Å². The van der Waals surface area contributed by atoms with Crippen LogP contribution in [0.2, 0.25) is 5.02 Å².